The number of rotatable bonds is 4. The van der Waals surface area contributed by atoms with E-state index in [1.807, 2.05) is 71.3 Å². The highest BCUT2D eigenvalue weighted by molar-refractivity contribution is 6.30. The summed E-state index contributed by atoms with van der Waals surface area (Å²) in [6.07, 6.45) is 3.65. The van der Waals surface area contributed by atoms with Gasteiger partial charge in [0.2, 0.25) is 0 Å². The van der Waals surface area contributed by atoms with Crippen molar-refractivity contribution < 1.29 is 4.79 Å². The van der Waals surface area contributed by atoms with Crippen LogP contribution in [0.1, 0.15) is 16.1 Å². The van der Waals surface area contributed by atoms with Gasteiger partial charge in [-0.05, 0) is 35.4 Å². The SMILES string of the molecule is O=C(NCc1cn2cc(Cl)ccc2n1)c1ccc(-c2ccccc2)cc1. The molecule has 2 aromatic carbocycles. The Bertz CT molecular complexity index is 1060. The van der Waals surface area contributed by atoms with E-state index in [2.05, 4.69) is 10.3 Å². The average Bonchev–Trinajstić information content (AvgIpc) is 3.09. The molecule has 1 amide bonds. The molecule has 4 nitrogen and oxygen atoms in total. The highest BCUT2D eigenvalue weighted by Crippen LogP contribution is 2.19. The summed E-state index contributed by atoms with van der Waals surface area (Å²) in [6, 6.07) is 21.3. The minimum Gasteiger partial charge on any atom is -0.346 e. The summed E-state index contributed by atoms with van der Waals surface area (Å²) in [5.41, 5.74) is 4.41. The lowest BCUT2D eigenvalue weighted by molar-refractivity contribution is 0.0950. The molecule has 0 radical (unpaired) electrons. The Morgan fingerprint density at radius 1 is 0.923 bits per heavy atom. The molecule has 5 heteroatoms. The number of benzene rings is 2. The van der Waals surface area contributed by atoms with Gasteiger partial charge in [0.25, 0.3) is 5.91 Å². The van der Waals surface area contributed by atoms with Crippen molar-refractivity contribution in [1.82, 2.24) is 14.7 Å². The second kappa shape index (κ2) is 7.02. The predicted octanol–water partition coefficient (Wildman–Crippen LogP) is 4.58. The fraction of sp³-hybridized carbons (Fsp3) is 0.0476. The predicted molar refractivity (Wildman–Crippen MR) is 103 cm³/mol. The molecule has 26 heavy (non-hydrogen) atoms. The number of fused-ring (bicyclic) bond motifs is 1. The Balaban J connectivity index is 1.44. The van der Waals surface area contributed by atoms with Crippen LogP contribution in [-0.4, -0.2) is 15.3 Å². The fourth-order valence-electron chi connectivity index (χ4n) is 2.82. The molecule has 0 unspecified atom stereocenters. The van der Waals surface area contributed by atoms with Gasteiger partial charge in [0.15, 0.2) is 0 Å². The maximum absolute atomic E-state index is 12.4. The van der Waals surface area contributed by atoms with Crippen molar-refractivity contribution in [3.05, 3.63) is 95.4 Å². The van der Waals surface area contributed by atoms with E-state index < -0.39 is 0 Å². The highest BCUT2D eigenvalue weighted by Gasteiger charge is 2.08. The van der Waals surface area contributed by atoms with E-state index in [0.29, 0.717) is 17.1 Å². The maximum Gasteiger partial charge on any atom is 0.251 e. The number of nitrogens with zero attached hydrogens (tertiary/aromatic N) is 2. The lowest BCUT2D eigenvalue weighted by atomic mass is 10.0. The molecular formula is C21H16ClN3O. The molecule has 0 aliphatic heterocycles. The normalized spacial score (nSPS) is 10.8. The molecular weight excluding hydrogens is 346 g/mol. The Morgan fingerprint density at radius 3 is 2.42 bits per heavy atom. The van der Waals surface area contributed by atoms with E-state index in [4.69, 9.17) is 11.6 Å². The molecule has 0 aliphatic rings. The van der Waals surface area contributed by atoms with Crippen LogP contribution in [0.4, 0.5) is 0 Å². The van der Waals surface area contributed by atoms with Crippen LogP contribution in [0.25, 0.3) is 16.8 Å². The molecule has 2 heterocycles. The van der Waals surface area contributed by atoms with Gasteiger partial charge in [-0.3, -0.25) is 4.79 Å². The van der Waals surface area contributed by atoms with E-state index in [0.717, 1.165) is 22.5 Å². The van der Waals surface area contributed by atoms with Crippen LogP contribution < -0.4 is 5.32 Å². The number of amides is 1. The fourth-order valence-corrected chi connectivity index (χ4v) is 2.99. The molecule has 4 rings (SSSR count). The molecule has 0 fully saturated rings. The van der Waals surface area contributed by atoms with Crippen molar-refractivity contribution in [2.45, 2.75) is 6.54 Å². The summed E-state index contributed by atoms with van der Waals surface area (Å²) >= 11 is 5.97. The Hall–Kier alpha value is -3.11. The van der Waals surface area contributed by atoms with Gasteiger partial charge < -0.3 is 9.72 Å². The van der Waals surface area contributed by atoms with Crippen molar-refractivity contribution in [2.24, 2.45) is 0 Å². The highest BCUT2D eigenvalue weighted by atomic mass is 35.5. The van der Waals surface area contributed by atoms with Crippen molar-refractivity contribution in [3.63, 3.8) is 0 Å². The zero-order valence-electron chi connectivity index (χ0n) is 13.9. The molecule has 0 saturated heterocycles. The molecule has 0 spiro atoms. The summed E-state index contributed by atoms with van der Waals surface area (Å²) < 4.78 is 1.85. The number of carbonyl (C=O) groups is 1. The van der Waals surface area contributed by atoms with E-state index in [1.165, 1.54) is 0 Å². The molecule has 0 saturated carbocycles. The first-order chi connectivity index (χ1) is 12.7. The first-order valence-electron chi connectivity index (χ1n) is 8.26. The van der Waals surface area contributed by atoms with Crippen LogP contribution in [0.15, 0.2) is 79.1 Å². The number of hydrogen-bond donors (Lipinski definition) is 1. The summed E-state index contributed by atoms with van der Waals surface area (Å²) in [6.45, 7) is 0.360. The van der Waals surface area contributed by atoms with Crippen LogP contribution >= 0.6 is 11.6 Å². The second-order valence-corrected chi connectivity index (χ2v) is 6.41. The number of pyridine rings is 1. The minimum absolute atomic E-state index is 0.125. The van der Waals surface area contributed by atoms with Gasteiger partial charge in [-0.1, -0.05) is 54.1 Å². The lowest BCUT2D eigenvalue weighted by Gasteiger charge is -2.05. The monoisotopic (exact) mass is 361 g/mol. The standard InChI is InChI=1S/C21H16ClN3O/c22-18-10-11-20-24-19(14-25(20)13-18)12-23-21(26)17-8-6-16(7-9-17)15-4-2-1-3-5-15/h1-11,13-14H,12H2,(H,23,26). The van der Waals surface area contributed by atoms with Crippen LogP contribution in [-0.2, 0) is 6.54 Å². The summed E-state index contributed by atoms with van der Waals surface area (Å²) in [5, 5.41) is 3.54. The zero-order chi connectivity index (χ0) is 17.9. The van der Waals surface area contributed by atoms with Crippen molar-refractivity contribution in [1.29, 1.82) is 0 Å². The van der Waals surface area contributed by atoms with Gasteiger partial charge in [-0.25, -0.2) is 4.98 Å². The van der Waals surface area contributed by atoms with E-state index in [9.17, 15) is 4.79 Å². The van der Waals surface area contributed by atoms with Gasteiger partial charge in [0, 0.05) is 18.0 Å². The van der Waals surface area contributed by atoms with Crippen LogP contribution in [0.2, 0.25) is 5.02 Å². The van der Waals surface area contributed by atoms with Crippen molar-refractivity contribution in [3.8, 4) is 11.1 Å². The minimum atomic E-state index is -0.125. The lowest BCUT2D eigenvalue weighted by Crippen LogP contribution is -2.22. The number of hydrogen-bond acceptors (Lipinski definition) is 2. The second-order valence-electron chi connectivity index (χ2n) is 5.97. The summed E-state index contributed by atoms with van der Waals surface area (Å²) in [5.74, 6) is -0.125. The summed E-state index contributed by atoms with van der Waals surface area (Å²) in [4.78, 5) is 16.8. The summed E-state index contributed by atoms with van der Waals surface area (Å²) in [7, 11) is 0. The van der Waals surface area contributed by atoms with E-state index in [1.54, 1.807) is 12.3 Å². The van der Waals surface area contributed by atoms with E-state index >= 15 is 0 Å². The molecule has 2 aromatic heterocycles. The quantitative estimate of drug-likeness (QED) is 0.578. The molecule has 0 aliphatic carbocycles. The zero-order valence-corrected chi connectivity index (χ0v) is 14.6. The number of imidazole rings is 1. The van der Waals surface area contributed by atoms with Gasteiger partial charge in [0.05, 0.1) is 17.3 Å². The molecule has 128 valence electrons. The number of aromatic nitrogens is 2. The third-order valence-electron chi connectivity index (χ3n) is 4.15. The van der Waals surface area contributed by atoms with Crippen LogP contribution in [0, 0.1) is 0 Å². The maximum atomic E-state index is 12.4. The molecule has 4 aromatic rings. The topological polar surface area (TPSA) is 46.4 Å². The van der Waals surface area contributed by atoms with Gasteiger partial charge in [0.1, 0.15) is 5.65 Å². The Kier molecular flexibility index (Phi) is 4.42. The van der Waals surface area contributed by atoms with Gasteiger partial charge >= 0.3 is 0 Å². The van der Waals surface area contributed by atoms with Crippen LogP contribution in [0.3, 0.4) is 0 Å². The average molecular weight is 362 g/mol. The third kappa shape index (κ3) is 3.46. The number of carbonyl (C=O) groups excluding carboxylic acids is 1. The Labute approximate surface area is 156 Å². The Morgan fingerprint density at radius 2 is 1.65 bits per heavy atom. The largest absolute Gasteiger partial charge is 0.346 e. The van der Waals surface area contributed by atoms with Gasteiger partial charge in [-0.15, -0.1) is 0 Å². The number of nitrogens with one attached hydrogen (secondary N) is 1. The van der Waals surface area contributed by atoms with E-state index in [-0.39, 0.29) is 5.91 Å². The van der Waals surface area contributed by atoms with Crippen LogP contribution in [0.5, 0.6) is 0 Å². The first-order valence-corrected chi connectivity index (χ1v) is 8.64. The first kappa shape index (κ1) is 16.4. The smallest absolute Gasteiger partial charge is 0.251 e. The van der Waals surface area contributed by atoms with Gasteiger partial charge in [-0.2, -0.15) is 0 Å². The van der Waals surface area contributed by atoms with Crippen molar-refractivity contribution in [2.75, 3.05) is 0 Å². The van der Waals surface area contributed by atoms with Crippen molar-refractivity contribution >= 4 is 23.2 Å². The molecule has 1 N–H and O–H groups in total. The third-order valence-corrected chi connectivity index (χ3v) is 4.37. The molecule has 0 bridgehead atoms. The number of halogens is 1. The molecule has 0 atom stereocenters.